The lowest BCUT2D eigenvalue weighted by molar-refractivity contribution is 0.0781. The Balaban J connectivity index is 1.40. The number of carbonyl (C=O) groups is 1. The van der Waals surface area contributed by atoms with Gasteiger partial charge in [0.05, 0.1) is 19.4 Å². The van der Waals surface area contributed by atoms with Gasteiger partial charge in [0, 0.05) is 51.3 Å². The van der Waals surface area contributed by atoms with Crippen LogP contribution in [0.4, 0.5) is 5.69 Å². The highest BCUT2D eigenvalue weighted by molar-refractivity contribution is 5.93. The molecule has 138 valence electrons. The summed E-state index contributed by atoms with van der Waals surface area (Å²) in [6.45, 7) is 4.76. The number of amides is 1. The van der Waals surface area contributed by atoms with E-state index >= 15 is 0 Å². The third kappa shape index (κ3) is 3.72. The fraction of sp³-hybridized carbons (Fsp3) is 0.526. The van der Waals surface area contributed by atoms with Crippen LogP contribution < -0.4 is 4.90 Å². The van der Waals surface area contributed by atoms with Crippen LogP contribution in [-0.4, -0.2) is 65.0 Å². The maximum Gasteiger partial charge on any atom is 0.272 e. The Kier molecular flexibility index (Phi) is 4.88. The maximum absolute atomic E-state index is 12.9. The van der Waals surface area contributed by atoms with Crippen LogP contribution in [0.25, 0.3) is 0 Å². The van der Waals surface area contributed by atoms with Crippen LogP contribution in [0.5, 0.6) is 0 Å². The van der Waals surface area contributed by atoms with E-state index in [4.69, 9.17) is 4.74 Å². The number of nitrogens with zero attached hydrogens (tertiary/aromatic N) is 5. The van der Waals surface area contributed by atoms with Gasteiger partial charge in [0.25, 0.3) is 5.91 Å². The molecule has 2 aromatic rings. The predicted octanol–water partition coefficient (Wildman–Crippen LogP) is 1.36. The molecule has 0 N–H and O–H groups in total. The first-order chi connectivity index (χ1) is 12.7. The summed E-state index contributed by atoms with van der Waals surface area (Å²) in [4.78, 5) is 21.4. The molecule has 4 rings (SSSR count). The average Bonchev–Trinajstić information content (AvgIpc) is 3.31. The molecule has 0 aromatic carbocycles. The number of ether oxygens (including phenoxy) is 1. The van der Waals surface area contributed by atoms with Crippen molar-refractivity contribution in [1.82, 2.24) is 19.7 Å². The molecular formula is C19H25N5O2. The van der Waals surface area contributed by atoms with Crippen molar-refractivity contribution in [3.8, 4) is 0 Å². The summed E-state index contributed by atoms with van der Waals surface area (Å²) in [5.41, 5.74) is 2.83. The molecule has 2 saturated heterocycles. The van der Waals surface area contributed by atoms with Crippen molar-refractivity contribution < 1.29 is 9.53 Å². The van der Waals surface area contributed by atoms with Crippen LogP contribution in [-0.2, 0) is 18.2 Å². The molecule has 2 aliphatic heterocycles. The third-order valence-corrected chi connectivity index (χ3v) is 5.19. The molecule has 1 unspecified atom stereocenters. The van der Waals surface area contributed by atoms with E-state index in [1.165, 1.54) is 5.56 Å². The highest BCUT2D eigenvalue weighted by Gasteiger charge is 2.28. The molecule has 0 spiro atoms. The SMILES string of the molecule is Cn1cc(CC2CCN(C(=O)c3cc(N4CCOCC4)ccn3)C2)cn1. The summed E-state index contributed by atoms with van der Waals surface area (Å²) in [5, 5.41) is 4.23. The molecule has 0 saturated carbocycles. The number of rotatable bonds is 4. The quantitative estimate of drug-likeness (QED) is 0.829. The number of carbonyl (C=O) groups excluding carboxylic acids is 1. The molecule has 4 heterocycles. The number of morpholine rings is 1. The third-order valence-electron chi connectivity index (χ3n) is 5.19. The zero-order valence-electron chi connectivity index (χ0n) is 15.2. The molecule has 0 aliphatic carbocycles. The van der Waals surface area contributed by atoms with Gasteiger partial charge in [-0.2, -0.15) is 5.10 Å². The number of anilines is 1. The van der Waals surface area contributed by atoms with E-state index in [2.05, 4.69) is 21.2 Å². The number of hydrogen-bond acceptors (Lipinski definition) is 5. The highest BCUT2D eigenvalue weighted by Crippen LogP contribution is 2.23. The van der Waals surface area contributed by atoms with E-state index < -0.39 is 0 Å². The van der Waals surface area contributed by atoms with Crippen LogP contribution in [0.2, 0.25) is 0 Å². The van der Waals surface area contributed by atoms with E-state index in [0.717, 1.165) is 57.9 Å². The zero-order chi connectivity index (χ0) is 17.9. The van der Waals surface area contributed by atoms with Gasteiger partial charge in [0.15, 0.2) is 0 Å². The maximum atomic E-state index is 12.9. The van der Waals surface area contributed by atoms with Crippen LogP contribution in [0.15, 0.2) is 30.7 Å². The molecule has 7 heteroatoms. The standard InChI is InChI=1S/C19H25N5O2/c1-22-13-16(12-21-22)10-15-3-5-24(14-15)19(25)18-11-17(2-4-20-18)23-6-8-26-9-7-23/h2,4,11-13,15H,3,5-10,14H2,1H3. The molecule has 7 nitrogen and oxygen atoms in total. The molecule has 0 bridgehead atoms. The molecule has 1 amide bonds. The highest BCUT2D eigenvalue weighted by atomic mass is 16.5. The number of pyridine rings is 1. The van der Waals surface area contributed by atoms with Crippen molar-refractivity contribution in [1.29, 1.82) is 0 Å². The number of aromatic nitrogens is 3. The summed E-state index contributed by atoms with van der Waals surface area (Å²) < 4.78 is 7.23. The first-order valence-electron chi connectivity index (χ1n) is 9.24. The van der Waals surface area contributed by atoms with Crippen LogP contribution in [0, 0.1) is 5.92 Å². The van der Waals surface area contributed by atoms with Crippen molar-refractivity contribution in [2.45, 2.75) is 12.8 Å². The molecule has 0 radical (unpaired) electrons. The van der Waals surface area contributed by atoms with E-state index in [1.54, 1.807) is 6.20 Å². The number of hydrogen-bond donors (Lipinski definition) is 0. The minimum Gasteiger partial charge on any atom is -0.378 e. The van der Waals surface area contributed by atoms with E-state index in [1.807, 2.05) is 35.0 Å². The molecule has 1 atom stereocenters. The van der Waals surface area contributed by atoms with Gasteiger partial charge in [0.1, 0.15) is 5.69 Å². The fourth-order valence-electron chi connectivity index (χ4n) is 3.81. The van der Waals surface area contributed by atoms with E-state index in [9.17, 15) is 4.79 Å². The lowest BCUT2D eigenvalue weighted by Crippen LogP contribution is -2.36. The first kappa shape index (κ1) is 17.0. The monoisotopic (exact) mass is 355 g/mol. The van der Waals surface area contributed by atoms with Crippen molar-refractivity contribution in [2.24, 2.45) is 13.0 Å². The van der Waals surface area contributed by atoms with Gasteiger partial charge in [-0.15, -0.1) is 0 Å². The van der Waals surface area contributed by atoms with Crippen LogP contribution in [0.3, 0.4) is 0 Å². The molecular weight excluding hydrogens is 330 g/mol. The summed E-state index contributed by atoms with van der Waals surface area (Å²) in [7, 11) is 1.93. The number of aryl methyl sites for hydroxylation is 1. The van der Waals surface area contributed by atoms with Crippen molar-refractivity contribution >= 4 is 11.6 Å². The Labute approximate surface area is 153 Å². The van der Waals surface area contributed by atoms with Gasteiger partial charge in [0.2, 0.25) is 0 Å². The molecule has 2 aliphatic rings. The second-order valence-corrected chi connectivity index (χ2v) is 7.13. The first-order valence-corrected chi connectivity index (χ1v) is 9.24. The van der Waals surface area contributed by atoms with Crippen LogP contribution in [0.1, 0.15) is 22.5 Å². The van der Waals surface area contributed by atoms with Gasteiger partial charge >= 0.3 is 0 Å². The topological polar surface area (TPSA) is 63.5 Å². The smallest absolute Gasteiger partial charge is 0.272 e. The number of likely N-dealkylation sites (tertiary alicyclic amines) is 1. The lowest BCUT2D eigenvalue weighted by Gasteiger charge is -2.29. The molecule has 2 aromatic heterocycles. The molecule has 26 heavy (non-hydrogen) atoms. The van der Waals surface area contributed by atoms with Gasteiger partial charge in [-0.1, -0.05) is 0 Å². The second-order valence-electron chi connectivity index (χ2n) is 7.13. The van der Waals surface area contributed by atoms with Crippen molar-refractivity contribution in [3.63, 3.8) is 0 Å². The zero-order valence-corrected chi connectivity index (χ0v) is 15.2. The Bertz CT molecular complexity index is 769. The van der Waals surface area contributed by atoms with Crippen molar-refractivity contribution in [3.05, 3.63) is 42.0 Å². The Morgan fingerprint density at radius 2 is 2.15 bits per heavy atom. The summed E-state index contributed by atoms with van der Waals surface area (Å²) in [6.07, 6.45) is 7.71. The minimum atomic E-state index is 0.0359. The van der Waals surface area contributed by atoms with Gasteiger partial charge in [-0.25, -0.2) is 0 Å². The lowest BCUT2D eigenvalue weighted by atomic mass is 10.0. The van der Waals surface area contributed by atoms with Gasteiger partial charge < -0.3 is 14.5 Å². The Morgan fingerprint density at radius 3 is 2.92 bits per heavy atom. The van der Waals surface area contributed by atoms with Gasteiger partial charge in [-0.3, -0.25) is 14.5 Å². The van der Waals surface area contributed by atoms with Crippen LogP contribution >= 0.6 is 0 Å². The predicted molar refractivity (Wildman–Crippen MR) is 98.2 cm³/mol. The van der Waals surface area contributed by atoms with Gasteiger partial charge in [-0.05, 0) is 36.5 Å². The van der Waals surface area contributed by atoms with E-state index in [-0.39, 0.29) is 5.91 Å². The largest absolute Gasteiger partial charge is 0.378 e. The Morgan fingerprint density at radius 1 is 1.31 bits per heavy atom. The summed E-state index contributed by atoms with van der Waals surface area (Å²) >= 11 is 0. The second kappa shape index (κ2) is 7.45. The molecule has 2 fully saturated rings. The minimum absolute atomic E-state index is 0.0359. The summed E-state index contributed by atoms with van der Waals surface area (Å²) in [5.74, 6) is 0.527. The average molecular weight is 355 g/mol. The fourth-order valence-corrected chi connectivity index (χ4v) is 3.81. The van der Waals surface area contributed by atoms with Crippen molar-refractivity contribution in [2.75, 3.05) is 44.3 Å². The Hall–Kier alpha value is -2.41. The van der Waals surface area contributed by atoms with E-state index in [0.29, 0.717) is 11.6 Å². The normalized spacial score (nSPS) is 20.6. The summed E-state index contributed by atoms with van der Waals surface area (Å²) in [6, 6.07) is 3.89.